The zero-order valence-electron chi connectivity index (χ0n) is 16.7. The number of fused-ring (bicyclic) bond motifs is 1. The Hall–Kier alpha value is -3.15. The quantitative estimate of drug-likeness (QED) is 0.448. The molecule has 3 aromatic heterocycles. The predicted molar refractivity (Wildman–Crippen MR) is 113 cm³/mol. The third-order valence-electron chi connectivity index (χ3n) is 5.81. The van der Waals surface area contributed by atoms with Crippen LogP contribution in [0.2, 0.25) is 0 Å². The molecule has 1 aliphatic carbocycles. The summed E-state index contributed by atoms with van der Waals surface area (Å²) in [6.07, 6.45) is 3.35. The summed E-state index contributed by atoms with van der Waals surface area (Å²) in [6.45, 7) is 2.49. The Kier molecular flexibility index (Phi) is 4.77. The maximum Gasteiger partial charge on any atom is 0.131 e. The van der Waals surface area contributed by atoms with Gasteiger partial charge in [0.1, 0.15) is 12.3 Å². The summed E-state index contributed by atoms with van der Waals surface area (Å²) in [4.78, 5) is 9.26. The normalized spacial score (nSPS) is 21.4. The molecule has 0 aliphatic heterocycles. The minimum Gasteiger partial charge on any atom is -0.272 e. The maximum absolute atomic E-state index is 13.5. The number of benzene rings is 1. The molecule has 3 heterocycles. The number of pyridine rings is 2. The first-order valence-corrected chi connectivity index (χ1v) is 10.2. The average Bonchev–Trinajstić information content (AvgIpc) is 3.33. The van der Waals surface area contributed by atoms with Crippen molar-refractivity contribution in [2.24, 2.45) is 5.92 Å². The van der Waals surface area contributed by atoms with Gasteiger partial charge >= 0.3 is 0 Å². The van der Waals surface area contributed by atoms with Crippen molar-refractivity contribution < 1.29 is 8.78 Å². The topological polar surface area (TPSA) is 43.6 Å². The molecule has 30 heavy (non-hydrogen) atoms. The Bertz CT molecular complexity index is 1190. The van der Waals surface area contributed by atoms with E-state index in [2.05, 4.69) is 22.2 Å². The molecule has 4 nitrogen and oxygen atoms in total. The first kappa shape index (κ1) is 18.9. The Morgan fingerprint density at radius 1 is 1.03 bits per heavy atom. The van der Waals surface area contributed by atoms with Gasteiger partial charge in [0.15, 0.2) is 0 Å². The summed E-state index contributed by atoms with van der Waals surface area (Å²) in [6, 6.07) is 14.1. The number of rotatable bonds is 4. The largest absolute Gasteiger partial charge is 0.272 e. The molecule has 6 heteroatoms. The molecule has 0 spiro atoms. The van der Waals surface area contributed by atoms with E-state index >= 15 is 0 Å². The van der Waals surface area contributed by atoms with Crippen molar-refractivity contribution in [3.05, 3.63) is 66.7 Å². The number of hydrogen-bond acceptors (Lipinski definition) is 3. The molecule has 5 rings (SSSR count). The third kappa shape index (κ3) is 3.58. The van der Waals surface area contributed by atoms with Gasteiger partial charge in [-0.1, -0.05) is 24.3 Å². The highest BCUT2D eigenvalue weighted by molar-refractivity contribution is 5.87. The lowest BCUT2D eigenvalue weighted by molar-refractivity contribution is 0.199. The molecule has 4 aromatic rings. The van der Waals surface area contributed by atoms with Crippen molar-refractivity contribution in [2.45, 2.75) is 38.7 Å². The van der Waals surface area contributed by atoms with E-state index in [1.807, 2.05) is 43.5 Å². The molecule has 3 atom stereocenters. The van der Waals surface area contributed by atoms with Crippen LogP contribution in [0, 0.1) is 12.8 Å². The lowest BCUT2D eigenvalue weighted by Crippen LogP contribution is -2.08. The number of nitrogens with zero attached hydrogens (tertiary/aromatic N) is 4. The van der Waals surface area contributed by atoms with Gasteiger partial charge in [0.05, 0.1) is 17.4 Å². The molecule has 0 radical (unpaired) electrons. The van der Waals surface area contributed by atoms with Crippen LogP contribution >= 0.6 is 0 Å². The van der Waals surface area contributed by atoms with Gasteiger partial charge in [-0.3, -0.25) is 14.6 Å². The number of aromatic nitrogens is 4. The lowest BCUT2D eigenvalue weighted by Gasteiger charge is -2.10. The minimum atomic E-state index is -1.35. The fraction of sp³-hybridized carbons (Fsp3) is 0.292. The maximum atomic E-state index is 13.5. The van der Waals surface area contributed by atoms with Gasteiger partial charge in [-0.25, -0.2) is 8.78 Å². The summed E-state index contributed by atoms with van der Waals surface area (Å²) in [7, 11) is 0. The average molecular weight is 404 g/mol. The molecule has 152 valence electrons. The van der Waals surface area contributed by atoms with Crippen LogP contribution in [0.3, 0.4) is 0 Å². The van der Waals surface area contributed by atoms with Gasteiger partial charge in [0, 0.05) is 46.7 Å². The van der Waals surface area contributed by atoms with Crippen LogP contribution in [0.25, 0.3) is 33.3 Å². The van der Waals surface area contributed by atoms with Crippen LogP contribution < -0.4 is 0 Å². The number of alkyl halides is 2. The molecule has 1 unspecified atom stereocenters. The molecule has 1 fully saturated rings. The first-order valence-electron chi connectivity index (χ1n) is 10.2. The zero-order chi connectivity index (χ0) is 20.7. The first-order chi connectivity index (χ1) is 14.6. The summed E-state index contributed by atoms with van der Waals surface area (Å²) in [5, 5.41) is 5.53. The van der Waals surface area contributed by atoms with Crippen LogP contribution in [0.1, 0.15) is 18.5 Å². The Balaban J connectivity index is 1.49. The van der Waals surface area contributed by atoms with Crippen LogP contribution in [0.15, 0.2) is 61.1 Å². The highest BCUT2D eigenvalue weighted by atomic mass is 19.2. The highest BCUT2D eigenvalue weighted by Crippen LogP contribution is 2.34. The zero-order valence-corrected chi connectivity index (χ0v) is 16.7. The molecule has 1 saturated carbocycles. The standard InChI is InChI=1S/C24H22F2N4/c1-15-4-7-20(19-12-28-30(14-19)13-16-9-21(25)22(26)10-16)24(29-15)18-6-5-17-3-2-8-27-23(17)11-18/h2-8,11-12,14,16,21-22H,9-10,13H2,1H3/t16?,21-,22+. The molecule has 0 amide bonds. The van der Waals surface area contributed by atoms with Crippen LogP contribution in [0.5, 0.6) is 0 Å². The van der Waals surface area contributed by atoms with Crippen molar-refractivity contribution in [1.82, 2.24) is 19.7 Å². The fourth-order valence-corrected chi connectivity index (χ4v) is 4.27. The fourth-order valence-electron chi connectivity index (χ4n) is 4.27. The predicted octanol–water partition coefficient (Wildman–Crippen LogP) is 5.55. The van der Waals surface area contributed by atoms with Crippen LogP contribution in [-0.2, 0) is 6.54 Å². The molecular formula is C24H22F2N4. The molecule has 1 aromatic carbocycles. The van der Waals surface area contributed by atoms with E-state index in [9.17, 15) is 8.78 Å². The summed E-state index contributed by atoms with van der Waals surface area (Å²) >= 11 is 0. The van der Waals surface area contributed by atoms with Gasteiger partial charge in [-0.05, 0) is 43.9 Å². The number of hydrogen-bond donors (Lipinski definition) is 0. The van der Waals surface area contributed by atoms with E-state index in [-0.39, 0.29) is 18.8 Å². The Morgan fingerprint density at radius 3 is 2.70 bits per heavy atom. The minimum absolute atomic E-state index is 0.0232. The van der Waals surface area contributed by atoms with Gasteiger partial charge in [0.25, 0.3) is 0 Å². The van der Waals surface area contributed by atoms with E-state index in [4.69, 9.17) is 4.98 Å². The van der Waals surface area contributed by atoms with Crippen molar-refractivity contribution >= 4 is 10.9 Å². The lowest BCUT2D eigenvalue weighted by atomic mass is 10.00. The summed E-state index contributed by atoms with van der Waals surface area (Å²) < 4.78 is 28.8. The molecule has 0 bridgehead atoms. The van der Waals surface area contributed by atoms with E-state index in [0.717, 1.165) is 39.0 Å². The monoisotopic (exact) mass is 404 g/mol. The second kappa shape index (κ2) is 7.59. The van der Waals surface area contributed by atoms with Crippen molar-refractivity contribution in [1.29, 1.82) is 0 Å². The Morgan fingerprint density at radius 2 is 1.87 bits per heavy atom. The molecule has 0 saturated heterocycles. The van der Waals surface area contributed by atoms with Crippen molar-refractivity contribution in [3.63, 3.8) is 0 Å². The van der Waals surface area contributed by atoms with Gasteiger partial charge in [0.2, 0.25) is 0 Å². The van der Waals surface area contributed by atoms with E-state index in [1.54, 1.807) is 17.1 Å². The smallest absolute Gasteiger partial charge is 0.131 e. The number of aryl methyl sites for hydroxylation is 1. The van der Waals surface area contributed by atoms with Crippen LogP contribution in [0.4, 0.5) is 8.78 Å². The number of halogens is 2. The highest BCUT2D eigenvalue weighted by Gasteiger charge is 2.34. The van der Waals surface area contributed by atoms with Gasteiger partial charge in [-0.2, -0.15) is 5.10 Å². The van der Waals surface area contributed by atoms with Crippen molar-refractivity contribution in [2.75, 3.05) is 0 Å². The van der Waals surface area contributed by atoms with Crippen LogP contribution in [-0.4, -0.2) is 32.1 Å². The van der Waals surface area contributed by atoms with Gasteiger partial charge in [-0.15, -0.1) is 0 Å². The molecule has 0 N–H and O–H groups in total. The second-order valence-electron chi connectivity index (χ2n) is 8.08. The van der Waals surface area contributed by atoms with E-state index in [1.165, 1.54) is 0 Å². The van der Waals surface area contributed by atoms with E-state index in [0.29, 0.717) is 6.54 Å². The van der Waals surface area contributed by atoms with Crippen molar-refractivity contribution in [3.8, 4) is 22.4 Å². The van der Waals surface area contributed by atoms with E-state index < -0.39 is 12.3 Å². The summed E-state index contributed by atoms with van der Waals surface area (Å²) in [5.41, 5.74) is 5.61. The molecule has 1 aliphatic rings. The third-order valence-corrected chi connectivity index (χ3v) is 5.81. The second-order valence-corrected chi connectivity index (χ2v) is 8.08. The molecular weight excluding hydrogens is 382 g/mol. The Labute approximate surface area is 173 Å². The SMILES string of the molecule is Cc1ccc(-c2cnn(CC3C[C@@H](F)[C@@H](F)C3)c2)c(-c2ccc3cccnc3c2)n1. The summed E-state index contributed by atoms with van der Waals surface area (Å²) in [5.74, 6) is -0.0232. The van der Waals surface area contributed by atoms with Gasteiger partial charge < -0.3 is 0 Å².